The fourth-order valence-corrected chi connectivity index (χ4v) is 2.24. The molecule has 2 aromatic rings. The number of carbonyl (C=O) groups excluding carboxylic acids is 1. The lowest BCUT2D eigenvalue weighted by Gasteiger charge is -2.16. The molecule has 2 aromatic carbocycles. The van der Waals surface area contributed by atoms with Crippen LogP contribution in [0.4, 0.5) is 4.79 Å². The van der Waals surface area contributed by atoms with Gasteiger partial charge in [-0.1, -0.05) is 60.2 Å². The third-order valence-corrected chi connectivity index (χ3v) is 3.26. The van der Waals surface area contributed by atoms with Crippen molar-refractivity contribution in [1.29, 1.82) is 0 Å². The van der Waals surface area contributed by atoms with Crippen molar-refractivity contribution < 1.29 is 14.3 Å². The minimum atomic E-state index is -0.612. The second-order valence-electron chi connectivity index (χ2n) is 4.65. The van der Waals surface area contributed by atoms with E-state index in [1.807, 2.05) is 61.5 Å². The molecule has 3 rings (SSSR count). The zero-order valence-electron chi connectivity index (χ0n) is 10.6. The maximum Gasteiger partial charge on any atom is 0.509 e. The van der Waals surface area contributed by atoms with E-state index in [2.05, 4.69) is 0 Å². The van der Waals surface area contributed by atoms with Crippen molar-refractivity contribution >= 4 is 6.16 Å². The van der Waals surface area contributed by atoms with Crippen molar-refractivity contribution in [2.45, 2.75) is 19.1 Å². The fraction of sp³-hybridized carbons (Fsp3) is 0.188. The Morgan fingerprint density at radius 1 is 0.789 bits per heavy atom. The Kier molecular flexibility index (Phi) is 2.95. The van der Waals surface area contributed by atoms with Gasteiger partial charge in [0, 0.05) is 0 Å². The summed E-state index contributed by atoms with van der Waals surface area (Å²) in [6.07, 6.45) is -1.37. The van der Waals surface area contributed by atoms with Crippen LogP contribution in [0.5, 0.6) is 0 Å². The van der Waals surface area contributed by atoms with Crippen LogP contribution in [0.3, 0.4) is 0 Å². The fourth-order valence-electron chi connectivity index (χ4n) is 2.24. The highest BCUT2D eigenvalue weighted by Crippen LogP contribution is 2.40. The van der Waals surface area contributed by atoms with Crippen molar-refractivity contribution in [2.75, 3.05) is 0 Å². The van der Waals surface area contributed by atoms with E-state index >= 15 is 0 Å². The van der Waals surface area contributed by atoms with Gasteiger partial charge in [0.2, 0.25) is 0 Å². The third kappa shape index (κ3) is 2.32. The maximum absolute atomic E-state index is 11.4. The molecule has 3 nitrogen and oxygen atoms in total. The van der Waals surface area contributed by atoms with Crippen LogP contribution in [0, 0.1) is 6.92 Å². The van der Waals surface area contributed by atoms with Crippen LogP contribution < -0.4 is 0 Å². The highest BCUT2D eigenvalue weighted by Gasteiger charge is 2.38. The van der Waals surface area contributed by atoms with Gasteiger partial charge in [0.1, 0.15) is 0 Å². The quantitative estimate of drug-likeness (QED) is 0.761. The first-order valence-corrected chi connectivity index (χ1v) is 6.23. The van der Waals surface area contributed by atoms with Gasteiger partial charge in [-0.05, 0) is 18.1 Å². The van der Waals surface area contributed by atoms with Crippen LogP contribution in [0.25, 0.3) is 0 Å². The van der Waals surface area contributed by atoms with E-state index in [4.69, 9.17) is 9.47 Å². The predicted molar refractivity (Wildman–Crippen MR) is 70.7 cm³/mol. The molecular weight excluding hydrogens is 240 g/mol. The number of aryl methyl sites for hydroxylation is 1. The first kappa shape index (κ1) is 11.8. The Morgan fingerprint density at radius 3 is 1.89 bits per heavy atom. The first-order valence-electron chi connectivity index (χ1n) is 6.23. The van der Waals surface area contributed by atoms with Gasteiger partial charge in [-0.2, -0.15) is 0 Å². The molecule has 1 aliphatic rings. The molecule has 0 saturated carbocycles. The lowest BCUT2D eigenvalue weighted by atomic mass is 9.98. The molecule has 1 aliphatic heterocycles. The molecule has 96 valence electrons. The highest BCUT2D eigenvalue weighted by molar-refractivity contribution is 5.63. The average Bonchev–Trinajstić information content (AvgIpc) is 2.83. The summed E-state index contributed by atoms with van der Waals surface area (Å²) < 4.78 is 10.6. The Balaban J connectivity index is 1.95. The van der Waals surface area contributed by atoms with Crippen molar-refractivity contribution in [3.8, 4) is 0 Å². The summed E-state index contributed by atoms with van der Waals surface area (Å²) in [5.74, 6) is 0. The topological polar surface area (TPSA) is 35.5 Å². The smallest absolute Gasteiger partial charge is 0.422 e. The van der Waals surface area contributed by atoms with E-state index in [0.717, 1.165) is 11.1 Å². The Bertz CT molecular complexity index is 575. The average molecular weight is 254 g/mol. The molecule has 0 aromatic heterocycles. The SMILES string of the molecule is Cc1ccc([C@H]2OC(=O)O[C@@H]2c2ccccc2)cc1. The number of ether oxygens (including phenoxy) is 2. The van der Waals surface area contributed by atoms with E-state index in [-0.39, 0.29) is 12.2 Å². The zero-order chi connectivity index (χ0) is 13.2. The minimum Gasteiger partial charge on any atom is -0.422 e. The van der Waals surface area contributed by atoms with Gasteiger partial charge in [-0.3, -0.25) is 0 Å². The van der Waals surface area contributed by atoms with Crippen LogP contribution in [0.1, 0.15) is 28.9 Å². The standard InChI is InChI=1S/C16H14O3/c1-11-7-9-13(10-8-11)15-14(18-16(17)19-15)12-5-3-2-4-6-12/h2-10,14-15H,1H3/t14-,15-/m1/s1. The summed E-state index contributed by atoms with van der Waals surface area (Å²) in [6, 6.07) is 17.6. The number of cyclic esters (lactones) is 2. The maximum atomic E-state index is 11.4. The van der Waals surface area contributed by atoms with Gasteiger partial charge in [0.15, 0.2) is 12.2 Å². The number of hydrogen-bond acceptors (Lipinski definition) is 3. The Labute approximate surface area is 111 Å². The molecule has 0 bridgehead atoms. The summed E-state index contributed by atoms with van der Waals surface area (Å²) >= 11 is 0. The lowest BCUT2D eigenvalue weighted by molar-refractivity contribution is 0.116. The lowest BCUT2D eigenvalue weighted by Crippen LogP contribution is -2.07. The summed E-state index contributed by atoms with van der Waals surface area (Å²) in [6.45, 7) is 2.02. The third-order valence-electron chi connectivity index (χ3n) is 3.26. The molecule has 0 N–H and O–H groups in total. The van der Waals surface area contributed by atoms with E-state index in [1.165, 1.54) is 5.56 Å². The molecule has 2 atom stereocenters. The van der Waals surface area contributed by atoms with Gasteiger partial charge < -0.3 is 9.47 Å². The molecule has 0 radical (unpaired) electrons. The van der Waals surface area contributed by atoms with Crippen molar-refractivity contribution in [3.05, 3.63) is 71.3 Å². The number of rotatable bonds is 2. The number of carbonyl (C=O) groups is 1. The highest BCUT2D eigenvalue weighted by atomic mass is 16.8. The monoisotopic (exact) mass is 254 g/mol. The molecule has 19 heavy (non-hydrogen) atoms. The van der Waals surface area contributed by atoms with E-state index < -0.39 is 6.16 Å². The van der Waals surface area contributed by atoms with Crippen LogP contribution >= 0.6 is 0 Å². The van der Waals surface area contributed by atoms with Crippen molar-refractivity contribution in [1.82, 2.24) is 0 Å². The van der Waals surface area contributed by atoms with Crippen LogP contribution in [-0.4, -0.2) is 6.16 Å². The van der Waals surface area contributed by atoms with E-state index in [1.54, 1.807) is 0 Å². The first-order chi connectivity index (χ1) is 9.24. The van der Waals surface area contributed by atoms with Gasteiger partial charge in [-0.15, -0.1) is 0 Å². The minimum absolute atomic E-state index is 0.378. The van der Waals surface area contributed by atoms with Gasteiger partial charge >= 0.3 is 6.16 Å². The van der Waals surface area contributed by atoms with Crippen molar-refractivity contribution in [2.24, 2.45) is 0 Å². The molecule has 0 unspecified atom stereocenters. The van der Waals surface area contributed by atoms with Crippen LogP contribution in [0.15, 0.2) is 54.6 Å². The normalized spacial score (nSPS) is 21.8. The summed E-state index contributed by atoms with van der Waals surface area (Å²) in [4.78, 5) is 11.4. The molecule has 0 aliphatic carbocycles. The van der Waals surface area contributed by atoms with Gasteiger partial charge in [-0.25, -0.2) is 4.79 Å². The molecular formula is C16H14O3. The zero-order valence-corrected chi connectivity index (χ0v) is 10.6. The van der Waals surface area contributed by atoms with Crippen LogP contribution in [0.2, 0.25) is 0 Å². The van der Waals surface area contributed by atoms with Crippen LogP contribution in [-0.2, 0) is 9.47 Å². The molecule has 0 spiro atoms. The summed E-state index contributed by atoms with van der Waals surface area (Å²) in [5, 5.41) is 0. The van der Waals surface area contributed by atoms with Crippen molar-refractivity contribution in [3.63, 3.8) is 0 Å². The Hall–Kier alpha value is -2.29. The van der Waals surface area contributed by atoms with Gasteiger partial charge in [0.05, 0.1) is 0 Å². The van der Waals surface area contributed by atoms with E-state index in [0.29, 0.717) is 0 Å². The largest absolute Gasteiger partial charge is 0.509 e. The molecule has 1 heterocycles. The number of benzene rings is 2. The second kappa shape index (κ2) is 4.76. The molecule has 1 fully saturated rings. The van der Waals surface area contributed by atoms with Gasteiger partial charge in [0.25, 0.3) is 0 Å². The summed E-state index contributed by atoms with van der Waals surface area (Å²) in [5.41, 5.74) is 3.06. The molecule has 0 amide bonds. The second-order valence-corrected chi connectivity index (χ2v) is 4.65. The Morgan fingerprint density at radius 2 is 1.32 bits per heavy atom. The number of hydrogen-bond donors (Lipinski definition) is 0. The summed E-state index contributed by atoms with van der Waals surface area (Å²) in [7, 11) is 0. The predicted octanol–water partition coefficient (Wildman–Crippen LogP) is 3.94. The molecule has 1 saturated heterocycles. The van der Waals surface area contributed by atoms with E-state index in [9.17, 15) is 4.79 Å². The molecule has 3 heteroatoms.